The molecule has 0 unspecified atom stereocenters. The molecule has 1 aromatic rings. The molecule has 1 heterocycles. The van der Waals surface area contributed by atoms with Gasteiger partial charge in [-0.15, -0.1) is 0 Å². The van der Waals surface area contributed by atoms with Crippen LogP contribution < -0.4 is 4.72 Å². The Hall–Kier alpha value is -0.660. The lowest BCUT2D eigenvalue weighted by Gasteiger charge is -2.28. The molecule has 1 aromatic carbocycles. The highest BCUT2D eigenvalue weighted by Crippen LogP contribution is 2.23. The highest BCUT2D eigenvalue weighted by Gasteiger charge is 2.29. The highest BCUT2D eigenvalue weighted by atomic mass is 35.5. The second-order valence-electron chi connectivity index (χ2n) is 4.52. The third-order valence-corrected chi connectivity index (χ3v) is 5.18. The van der Waals surface area contributed by atoms with Crippen LogP contribution in [0.3, 0.4) is 0 Å². The van der Waals surface area contributed by atoms with Crippen LogP contribution in [0.5, 0.6) is 0 Å². The summed E-state index contributed by atoms with van der Waals surface area (Å²) in [7, 11) is -3.72. The first kappa shape index (κ1) is 14.7. The summed E-state index contributed by atoms with van der Waals surface area (Å²) in [5.41, 5.74) is 0.489. The molecule has 19 heavy (non-hydrogen) atoms. The lowest BCUT2D eigenvalue weighted by molar-refractivity contribution is -0.00841. The highest BCUT2D eigenvalue weighted by molar-refractivity contribution is 7.89. The Morgan fingerprint density at radius 1 is 1.47 bits per heavy atom. The fourth-order valence-corrected chi connectivity index (χ4v) is 3.73. The topological polar surface area (TPSA) is 75.6 Å². The lowest BCUT2D eigenvalue weighted by atomic mass is 10.1. The number of hydrogen-bond acceptors (Lipinski definition) is 4. The summed E-state index contributed by atoms with van der Waals surface area (Å²) < 4.78 is 32.2. The van der Waals surface area contributed by atoms with Gasteiger partial charge >= 0.3 is 0 Å². The summed E-state index contributed by atoms with van der Waals surface area (Å²) >= 11 is 5.93. The average Bonchev–Trinajstić information content (AvgIpc) is 2.35. The van der Waals surface area contributed by atoms with Gasteiger partial charge < -0.3 is 9.84 Å². The van der Waals surface area contributed by atoms with E-state index in [1.807, 2.05) is 0 Å². The van der Waals surface area contributed by atoms with Crippen LogP contribution in [0, 0.1) is 6.92 Å². The number of aliphatic hydroxyl groups is 1. The molecule has 0 amide bonds. The fraction of sp³-hybridized carbons (Fsp3) is 0.500. The summed E-state index contributed by atoms with van der Waals surface area (Å²) in [5.74, 6) is 0. The van der Waals surface area contributed by atoms with Crippen LogP contribution >= 0.6 is 11.6 Å². The minimum atomic E-state index is -3.72. The van der Waals surface area contributed by atoms with Crippen LogP contribution in [0.1, 0.15) is 12.0 Å². The number of hydrogen-bond donors (Lipinski definition) is 2. The van der Waals surface area contributed by atoms with Gasteiger partial charge in [0, 0.05) is 11.6 Å². The molecule has 0 spiro atoms. The van der Waals surface area contributed by atoms with E-state index in [1.165, 1.54) is 6.07 Å². The predicted molar refractivity (Wildman–Crippen MR) is 71.7 cm³/mol. The summed E-state index contributed by atoms with van der Waals surface area (Å²) in [6.07, 6.45) is -0.315. The van der Waals surface area contributed by atoms with Crippen molar-refractivity contribution in [2.24, 2.45) is 0 Å². The van der Waals surface area contributed by atoms with Crippen LogP contribution in [0.4, 0.5) is 0 Å². The first-order valence-corrected chi connectivity index (χ1v) is 7.81. The van der Waals surface area contributed by atoms with Crippen molar-refractivity contribution >= 4 is 21.6 Å². The monoisotopic (exact) mass is 305 g/mol. The minimum absolute atomic E-state index is 0.123. The zero-order valence-electron chi connectivity index (χ0n) is 10.5. The van der Waals surface area contributed by atoms with Gasteiger partial charge in [0.25, 0.3) is 0 Å². The van der Waals surface area contributed by atoms with Gasteiger partial charge in [-0.05, 0) is 31.0 Å². The maximum atomic E-state index is 12.3. The van der Waals surface area contributed by atoms with Crippen LogP contribution in [-0.4, -0.2) is 38.9 Å². The van der Waals surface area contributed by atoms with Gasteiger partial charge in [0.1, 0.15) is 0 Å². The SMILES string of the molecule is Cc1c(Cl)cccc1S(=O)(=O)N[C@@H]1COCC[C@H]1O. The molecule has 0 radical (unpaired) electrons. The van der Waals surface area contributed by atoms with E-state index < -0.39 is 22.2 Å². The van der Waals surface area contributed by atoms with Crippen LogP contribution in [0.2, 0.25) is 5.02 Å². The molecule has 0 aromatic heterocycles. The number of halogens is 1. The van der Waals surface area contributed by atoms with Crippen molar-refractivity contribution in [2.45, 2.75) is 30.4 Å². The third-order valence-electron chi connectivity index (χ3n) is 3.13. The number of nitrogens with one attached hydrogen (secondary N) is 1. The fourth-order valence-electron chi connectivity index (χ4n) is 1.98. The zero-order valence-corrected chi connectivity index (χ0v) is 12.0. The van der Waals surface area contributed by atoms with Crippen molar-refractivity contribution in [2.75, 3.05) is 13.2 Å². The quantitative estimate of drug-likeness (QED) is 0.876. The summed E-state index contributed by atoms with van der Waals surface area (Å²) in [4.78, 5) is 0.123. The average molecular weight is 306 g/mol. The van der Waals surface area contributed by atoms with E-state index in [0.717, 1.165) is 0 Å². The second kappa shape index (κ2) is 5.76. The molecule has 2 N–H and O–H groups in total. The predicted octanol–water partition coefficient (Wildman–Crippen LogP) is 1.08. The van der Waals surface area contributed by atoms with Gasteiger partial charge in [-0.2, -0.15) is 0 Å². The molecule has 0 saturated carbocycles. The van der Waals surface area contributed by atoms with E-state index in [0.29, 0.717) is 23.6 Å². The molecule has 0 bridgehead atoms. The Morgan fingerprint density at radius 2 is 2.21 bits per heavy atom. The van der Waals surface area contributed by atoms with Crippen LogP contribution in [0.15, 0.2) is 23.1 Å². The van der Waals surface area contributed by atoms with Gasteiger partial charge in [-0.1, -0.05) is 17.7 Å². The number of rotatable bonds is 3. The Balaban J connectivity index is 2.25. The first-order chi connectivity index (χ1) is 8.92. The smallest absolute Gasteiger partial charge is 0.241 e. The number of sulfonamides is 1. The van der Waals surface area contributed by atoms with Crippen molar-refractivity contribution in [3.05, 3.63) is 28.8 Å². The lowest BCUT2D eigenvalue weighted by Crippen LogP contribution is -2.49. The van der Waals surface area contributed by atoms with Crippen molar-refractivity contribution in [1.29, 1.82) is 0 Å². The van der Waals surface area contributed by atoms with E-state index in [9.17, 15) is 13.5 Å². The molecule has 0 aliphatic carbocycles. The molecule has 1 aliphatic rings. The largest absolute Gasteiger partial charge is 0.391 e. The van der Waals surface area contributed by atoms with Crippen LogP contribution in [-0.2, 0) is 14.8 Å². The maximum Gasteiger partial charge on any atom is 0.241 e. The Bertz CT molecular complexity index is 561. The maximum absolute atomic E-state index is 12.3. The molecule has 1 saturated heterocycles. The molecule has 1 aliphatic heterocycles. The number of ether oxygens (including phenoxy) is 1. The Labute approximate surface area is 117 Å². The molecule has 1 fully saturated rings. The molecule has 106 valence electrons. The summed E-state index contributed by atoms with van der Waals surface area (Å²) in [5, 5.41) is 10.2. The Morgan fingerprint density at radius 3 is 2.89 bits per heavy atom. The molecule has 5 nitrogen and oxygen atoms in total. The number of aliphatic hydroxyl groups excluding tert-OH is 1. The standard InChI is InChI=1S/C12H16ClNO4S/c1-8-9(13)3-2-4-12(8)19(16,17)14-10-7-18-6-5-11(10)15/h2-4,10-11,14-15H,5-7H2,1H3/t10-,11-/m1/s1. The van der Waals surface area contributed by atoms with Crippen molar-refractivity contribution < 1.29 is 18.3 Å². The van der Waals surface area contributed by atoms with Crippen molar-refractivity contribution in [1.82, 2.24) is 4.72 Å². The van der Waals surface area contributed by atoms with Crippen molar-refractivity contribution in [3.8, 4) is 0 Å². The summed E-state index contributed by atoms with van der Waals surface area (Å²) in [6, 6.07) is 4.07. The third kappa shape index (κ3) is 3.27. The van der Waals surface area contributed by atoms with Gasteiger partial charge in [0.05, 0.1) is 23.6 Å². The van der Waals surface area contributed by atoms with E-state index in [1.54, 1.807) is 19.1 Å². The van der Waals surface area contributed by atoms with Gasteiger partial charge in [0.2, 0.25) is 10.0 Å². The van der Waals surface area contributed by atoms with Crippen LogP contribution in [0.25, 0.3) is 0 Å². The van der Waals surface area contributed by atoms with Crippen molar-refractivity contribution in [3.63, 3.8) is 0 Å². The van der Waals surface area contributed by atoms with E-state index in [4.69, 9.17) is 16.3 Å². The first-order valence-electron chi connectivity index (χ1n) is 5.95. The van der Waals surface area contributed by atoms with Gasteiger partial charge in [-0.3, -0.25) is 0 Å². The Kier molecular flexibility index (Phi) is 4.47. The zero-order chi connectivity index (χ0) is 14.0. The molecule has 7 heteroatoms. The van der Waals surface area contributed by atoms with Gasteiger partial charge in [-0.25, -0.2) is 13.1 Å². The van der Waals surface area contributed by atoms with E-state index in [2.05, 4.69) is 4.72 Å². The molecular formula is C12H16ClNO4S. The van der Waals surface area contributed by atoms with Gasteiger partial charge in [0.15, 0.2) is 0 Å². The second-order valence-corrected chi connectivity index (χ2v) is 6.61. The summed E-state index contributed by atoms with van der Waals surface area (Å²) in [6.45, 7) is 2.25. The normalized spacial score (nSPS) is 24.4. The molecule has 2 rings (SSSR count). The number of benzene rings is 1. The van der Waals surface area contributed by atoms with E-state index in [-0.39, 0.29) is 11.5 Å². The minimum Gasteiger partial charge on any atom is -0.391 e. The molecular weight excluding hydrogens is 290 g/mol. The molecule has 2 atom stereocenters. The van der Waals surface area contributed by atoms with E-state index >= 15 is 0 Å².